The van der Waals surface area contributed by atoms with E-state index >= 15 is 0 Å². The maximum atomic E-state index is 11.7. The van der Waals surface area contributed by atoms with Crippen molar-refractivity contribution < 1.29 is 19.0 Å². The van der Waals surface area contributed by atoms with Crippen LogP contribution >= 0.6 is 0 Å². The molecule has 2 rings (SSSR count). The second-order valence-corrected chi connectivity index (χ2v) is 10.5. The summed E-state index contributed by atoms with van der Waals surface area (Å²) in [7, 11) is 1.38. The molecule has 0 fully saturated rings. The Morgan fingerprint density at radius 3 is 1.68 bits per heavy atom. The van der Waals surface area contributed by atoms with Gasteiger partial charge in [0.1, 0.15) is 13.2 Å². The summed E-state index contributed by atoms with van der Waals surface area (Å²) in [5.41, 5.74) is 7.82. The Morgan fingerprint density at radius 1 is 0.650 bits per heavy atom. The summed E-state index contributed by atoms with van der Waals surface area (Å²) >= 11 is 0. The van der Waals surface area contributed by atoms with E-state index in [-0.39, 0.29) is 5.97 Å². The fraction of sp³-hybridized carbons (Fsp3) is 0.361. The summed E-state index contributed by atoms with van der Waals surface area (Å²) in [4.78, 5) is 11.7. The van der Waals surface area contributed by atoms with Gasteiger partial charge >= 0.3 is 5.97 Å². The first-order valence-electron chi connectivity index (χ1n) is 14.0. The molecule has 0 atom stereocenters. The van der Waals surface area contributed by atoms with Crippen LogP contribution in [-0.4, -0.2) is 26.3 Å². The van der Waals surface area contributed by atoms with Crippen molar-refractivity contribution in [2.75, 3.05) is 20.3 Å². The Bertz CT molecular complexity index is 1230. The van der Waals surface area contributed by atoms with Crippen molar-refractivity contribution in [2.45, 2.75) is 67.2 Å². The van der Waals surface area contributed by atoms with Crippen molar-refractivity contribution in [1.82, 2.24) is 0 Å². The number of allylic oxidation sites excluding steroid dienone is 6. The van der Waals surface area contributed by atoms with Crippen LogP contribution in [0.4, 0.5) is 0 Å². The quantitative estimate of drug-likeness (QED) is 0.128. The lowest BCUT2D eigenvalue weighted by Crippen LogP contribution is -2.01. The Morgan fingerprint density at radius 2 is 1.15 bits per heavy atom. The Kier molecular flexibility index (Phi) is 14.4. The highest BCUT2D eigenvalue weighted by Gasteiger charge is 2.07. The van der Waals surface area contributed by atoms with Gasteiger partial charge in [0, 0.05) is 0 Å². The predicted molar refractivity (Wildman–Crippen MR) is 169 cm³/mol. The normalized spacial score (nSPS) is 11.8. The first-order chi connectivity index (χ1) is 19.2. The van der Waals surface area contributed by atoms with Gasteiger partial charge in [-0.25, -0.2) is 4.79 Å². The highest BCUT2D eigenvalue weighted by Crippen LogP contribution is 2.30. The van der Waals surface area contributed by atoms with E-state index < -0.39 is 0 Å². The van der Waals surface area contributed by atoms with Crippen LogP contribution < -0.4 is 9.47 Å². The lowest BCUT2D eigenvalue weighted by molar-refractivity contribution is 0.0600. The fourth-order valence-electron chi connectivity index (χ4n) is 3.83. The number of carbonyl (C=O) groups is 1. The van der Waals surface area contributed by atoms with Gasteiger partial charge < -0.3 is 14.2 Å². The molecule has 214 valence electrons. The number of hydrogen-bond acceptors (Lipinski definition) is 4. The third-order valence-electron chi connectivity index (χ3n) is 6.29. The zero-order chi connectivity index (χ0) is 29.3. The lowest BCUT2D eigenvalue weighted by atomic mass is 10.1. The summed E-state index contributed by atoms with van der Waals surface area (Å²) in [6, 6.07) is 13.3. The number of carbonyl (C=O) groups excluding carboxylic acids is 1. The number of ether oxygens (including phenoxy) is 3. The Labute approximate surface area is 241 Å². The first-order valence-corrected chi connectivity index (χ1v) is 14.0. The molecule has 0 heterocycles. The van der Waals surface area contributed by atoms with E-state index in [0.717, 1.165) is 42.6 Å². The number of methoxy groups -OCH3 is 1. The van der Waals surface area contributed by atoms with Gasteiger partial charge in [-0.05, 0) is 115 Å². The van der Waals surface area contributed by atoms with Gasteiger partial charge in [0.2, 0.25) is 0 Å². The maximum Gasteiger partial charge on any atom is 0.337 e. The van der Waals surface area contributed by atoms with Crippen LogP contribution in [0.5, 0.6) is 11.5 Å². The molecular weight excluding hydrogens is 496 g/mol. The predicted octanol–water partition coefficient (Wildman–Crippen LogP) is 9.79. The smallest absolute Gasteiger partial charge is 0.337 e. The zero-order valence-corrected chi connectivity index (χ0v) is 25.4. The average molecular weight is 543 g/mol. The van der Waals surface area contributed by atoms with Crippen molar-refractivity contribution in [3.8, 4) is 11.5 Å². The van der Waals surface area contributed by atoms with Crippen LogP contribution in [0, 0.1) is 0 Å². The number of rotatable bonds is 15. The topological polar surface area (TPSA) is 44.8 Å². The van der Waals surface area contributed by atoms with Crippen LogP contribution in [0.25, 0.3) is 12.2 Å². The van der Waals surface area contributed by atoms with Crippen molar-refractivity contribution in [1.29, 1.82) is 0 Å². The molecule has 0 saturated carbocycles. The molecule has 0 bridgehead atoms. The van der Waals surface area contributed by atoms with E-state index in [1.54, 1.807) is 12.1 Å². The molecule has 0 aromatic heterocycles. The second kappa shape index (κ2) is 17.7. The van der Waals surface area contributed by atoms with E-state index in [4.69, 9.17) is 14.2 Å². The van der Waals surface area contributed by atoms with E-state index in [2.05, 4.69) is 65.8 Å². The molecule has 0 aliphatic rings. The van der Waals surface area contributed by atoms with Gasteiger partial charge in [-0.3, -0.25) is 0 Å². The van der Waals surface area contributed by atoms with Crippen LogP contribution in [-0.2, 0) is 4.74 Å². The molecule has 0 N–H and O–H groups in total. The molecule has 0 aliphatic carbocycles. The number of hydrogen-bond donors (Lipinski definition) is 0. The molecule has 0 radical (unpaired) electrons. The standard InChI is InChI=1S/C36H46O4/c1-27(2)10-8-12-29(5)22-24-39-34-21-18-32(15-14-31-16-19-33(20-17-31)36(37)38-7)26-35(34)40-25-23-30(6)13-9-11-28(3)4/h10-11,14-23,26H,8-9,12-13,24-25H2,1-7H3. The van der Waals surface area contributed by atoms with Gasteiger partial charge in [0.25, 0.3) is 0 Å². The second-order valence-electron chi connectivity index (χ2n) is 10.5. The van der Waals surface area contributed by atoms with Crippen LogP contribution in [0.2, 0.25) is 0 Å². The SMILES string of the molecule is COC(=O)c1ccc(C=Cc2ccc(OCC=C(C)CCC=C(C)C)c(OCC=C(C)CCC=C(C)C)c2)cc1. The van der Waals surface area contributed by atoms with Gasteiger partial charge in [0.15, 0.2) is 11.5 Å². The molecule has 0 saturated heterocycles. The summed E-state index contributed by atoms with van der Waals surface area (Å²) < 4.78 is 17.1. The van der Waals surface area contributed by atoms with Crippen LogP contribution in [0.15, 0.2) is 89.1 Å². The minimum atomic E-state index is -0.341. The molecule has 2 aromatic carbocycles. The summed E-state index contributed by atoms with van der Waals surface area (Å²) in [6.45, 7) is 13.8. The third-order valence-corrected chi connectivity index (χ3v) is 6.29. The van der Waals surface area contributed by atoms with Crippen molar-refractivity contribution in [2.24, 2.45) is 0 Å². The minimum Gasteiger partial charge on any atom is -0.486 e. The molecule has 0 spiro atoms. The van der Waals surface area contributed by atoms with Gasteiger partial charge in [-0.2, -0.15) is 0 Å². The molecule has 4 nitrogen and oxygen atoms in total. The van der Waals surface area contributed by atoms with Crippen LogP contribution in [0.1, 0.15) is 88.7 Å². The molecule has 2 aromatic rings. The Balaban J connectivity index is 2.14. The first kappa shape index (κ1) is 32.4. The van der Waals surface area contributed by atoms with Gasteiger partial charge in [-0.15, -0.1) is 0 Å². The van der Waals surface area contributed by atoms with Crippen LogP contribution in [0.3, 0.4) is 0 Å². The third kappa shape index (κ3) is 12.8. The molecule has 0 unspecified atom stereocenters. The van der Waals surface area contributed by atoms with Gasteiger partial charge in [0.05, 0.1) is 12.7 Å². The monoisotopic (exact) mass is 542 g/mol. The average Bonchev–Trinajstić information content (AvgIpc) is 2.92. The number of esters is 1. The van der Waals surface area contributed by atoms with E-state index in [0.29, 0.717) is 24.5 Å². The lowest BCUT2D eigenvalue weighted by Gasteiger charge is -2.13. The van der Waals surface area contributed by atoms with E-state index in [9.17, 15) is 4.79 Å². The van der Waals surface area contributed by atoms with Gasteiger partial charge in [-0.1, -0.05) is 64.8 Å². The molecule has 0 aliphatic heterocycles. The Hall–Kier alpha value is -3.79. The molecular formula is C36H46O4. The highest BCUT2D eigenvalue weighted by molar-refractivity contribution is 5.89. The number of benzene rings is 2. The summed E-state index contributed by atoms with van der Waals surface area (Å²) in [5, 5.41) is 0. The zero-order valence-electron chi connectivity index (χ0n) is 25.4. The maximum absolute atomic E-state index is 11.7. The summed E-state index contributed by atoms with van der Waals surface area (Å²) in [5.74, 6) is 1.10. The minimum absolute atomic E-state index is 0.341. The van der Waals surface area contributed by atoms with Crippen molar-refractivity contribution in [3.63, 3.8) is 0 Å². The fourth-order valence-corrected chi connectivity index (χ4v) is 3.83. The molecule has 0 amide bonds. The van der Waals surface area contributed by atoms with E-state index in [1.165, 1.54) is 29.4 Å². The summed E-state index contributed by atoms with van der Waals surface area (Å²) in [6.07, 6.45) is 17.0. The molecule has 40 heavy (non-hydrogen) atoms. The van der Waals surface area contributed by atoms with E-state index in [1.807, 2.05) is 42.5 Å². The largest absolute Gasteiger partial charge is 0.486 e. The molecule has 4 heteroatoms. The van der Waals surface area contributed by atoms with Crippen molar-refractivity contribution in [3.05, 3.63) is 106 Å². The highest BCUT2D eigenvalue weighted by atomic mass is 16.5. The van der Waals surface area contributed by atoms with Crippen molar-refractivity contribution >= 4 is 18.1 Å².